The molecule has 0 spiro atoms. The van der Waals surface area contributed by atoms with Gasteiger partial charge in [0.15, 0.2) is 0 Å². The van der Waals surface area contributed by atoms with E-state index in [4.69, 9.17) is 0 Å². The van der Waals surface area contributed by atoms with Gasteiger partial charge in [0.2, 0.25) is 11.8 Å². The van der Waals surface area contributed by atoms with Crippen molar-refractivity contribution in [1.82, 2.24) is 15.1 Å². The van der Waals surface area contributed by atoms with Gasteiger partial charge in [-0.2, -0.15) is 0 Å². The molecule has 1 aliphatic rings. The van der Waals surface area contributed by atoms with Gasteiger partial charge in [-0.1, -0.05) is 24.3 Å². The van der Waals surface area contributed by atoms with Crippen molar-refractivity contribution in [3.8, 4) is 0 Å². The number of carbonyl (C=O) groups excluding carboxylic acids is 2. The summed E-state index contributed by atoms with van der Waals surface area (Å²) in [6, 6.07) is 13.9. The fourth-order valence-corrected chi connectivity index (χ4v) is 3.89. The van der Waals surface area contributed by atoms with Gasteiger partial charge < -0.3 is 15.5 Å². The number of hydrogen-bond donors (Lipinski definition) is 2. The van der Waals surface area contributed by atoms with E-state index in [0.717, 1.165) is 38.3 Å². The number of thioether (sulfide) groups is 1. The first kappa shape index (κ1) is 23.2. The first-order chi connectivity index (χ1) is 15.0. The summed E-state index contributed by atoms with van der Waals surface area (Å²) in [5.41, 5.74) is 2.87. The number of benzene rings is 2. The topological polar surface area (TPSA) is 64.7 Å². The van der Waals surface area contributed by atoms with Gasteiger partial charge in [0.25, 0.3) is 0 Å². The van der Waals surface area contributed by atoms with Crippen LogP contribution >= 0.6 is 11.8 Å². The number of amides is 2. The molecule has 0 atom stereocenters. The van der Waals surface area contributed by atoms with E-state index in [9.17, 15) is 14.0 Å². The fraction of sp³-hybridized carbons (Fsp3) is 0.391. The van der Waals surface area contributed by atoms with Gasteiger partial charge in [-0.25, -0.2) is 4.39 Å². The van der Waals surface area contributed by atoms with E-state index in [-0.39, 0.29) is 29.1 Å². The largest absolute Gasteiger partial charge is 0.351 e. The van der Waals surface area contributed by atoms with Gasteiger partial charge in [-0.3, -0.25) is 14.5 Å². The van der Waals surface area contributed by atoms with Crippen LogP contribution in [0.5, 0.6) is 0 Å². The number of hydrogen-bond acceptors (Lipinski definition) is 5. The van der Waals surface area contributed by atoms with E-state index >= 15 is 0 Å². The number of anilines is 1. The number of halogens is 1. The summed E-state index contributed by atoms with van der Waals surface area (Å²) >= 11 is 1.24. The maximum absolute atomic E-state index is 12.9. The van der Waals surface area contributed by atoms with E-state index in [1.54, 1.807) is 0 Å². The van der Waals surface area contributed by atoms with Crippen molar-refractivity contribution in [2.75, 3.05) is 50.0 Å². The highest BCUT2D eigenvalue weighted by Crippen LogP contribution is 2.11. The summed E-state index contributed by atoms with van der Waals surface area (Å²) < 4.78 is 12.9. The molecule has 8 heteroatoms. The van der Waals surface area contributed by atoms with Crippen molar-refractivity contribution in [2.45, 2.75) is 13.1 Å². The number of nitrogens with zero attached hydrogens (tertiary/aromatic N) is 2. The Kier molecular flexibility index (Phi) is 8.87. The van der Waals surface area contributed by atoms with Crippen LogP contribution < -0.4 is 10.6 Å². The van der Waals surface area contributed by atoms with Crippen LogP contribution in [0.25, 0.3) is 0 Å². The first-order valence-corrected chi connectivity index (χ1v) is 11.5. The predicted molar refractivity (Wildman–Crippen MR) is 123 cm³/mol. The van der Waals surface area contributed by atoms with E-state index in [1.165, 1.54) is 41.6 Å². The average Bonchev–Trinajstić information content (AvgIpc) is 2.76. The molecule has 0 aliphatic carbocycles. The number of piperazine rings is 1. The molecular formula is C23H29FN4O2S. The highest BCUT2D eigenvalue weighted by Gasteiger charge is 2.13. The second kappa shape index (κ2) is 11.8. The number of rotatable bonds is 9. The maximum atomic E-state index is 12.9. The smallest absolute Gasteiger partial charge is 0.234 e. The first-order valence-electron chi connectivity index (χ1n) is 10.4. The van der Waals surface area contributed by atoms with Crippen LogP contribution in [-0.4, -0.2) is 66.3 Å². The minimum Gasteiger partial charge on any atom is -0.351 e. The Balaban J connectivity index is 1.31. The van der Waals surface area contributed by atoms with Crippen LogP contribution in [0.2, 0.25) is 0 Å². The standard InChI is InChI=1S/C23H29FN4O2S/c1-27-10-12-28(13-11-27)15-19-4-2-18(3-5-19)14-25-22(29)16-31-17-23(30)26-21-8-6-20(24)7-9-21/h2-9H,10-17H2,1H3,(H,25,29)(H,26,30). The van der Waals surface area contributed by atoms with Crippen LogP contribution in [0, 0.1) is 5.82 Å². The zero-order valence-corrected chi connectivity index (χ0v) is 18.6. The Hall–Kier alpha value is -2.42. The minimum atomic E-state index is -0.353. The molecule has 166 valence electrons. The Morgan fingerprint density at radius 3 is 2.19 bits per heavy atom. The molecule has 2 aromatic carbocycles. The van der Waals surface area contributed by atoms with Crippen molar-refractivity contribution < 1.29 is 14.0 Å². The van der Waals surface area contributed by atoms with E-state index < -0.39 is 0 Å². The van der Waals surface area contributed by atoms with Crippen LogP contribution in [0.3, 0.4) is 0 Å². The lowest BCUT2D eigenvalue weighted by atomic mass is 10.1. The molecule has 1 fully saturated rings. The molecule has 2 amide bonds. The molecular weight excluding hydrogens is 415 g/mol. The molecule has 2 N–H and O–H groups in total. The fourth-order valence-electron chi connectivity index (χ4n) is 3.25. The third kappa shape index (κ3) is 8.32. The number of likely N-dealkylation sites (N-methyl/N-ethyl adjacent to an activating group) is 1. The van der Waals surface area contributed by atoms with E-state index in [0.29, 0.717) is 12.2 Å². The van der Waals surface area contributed by atoms with E-state index in [2.05, 4.69) is 51.7 Å². The summed E-state index contributed by atoms with van der Waals surface area (Å²) in [4.78, 5) is 28.7. The molecule has 0 unspecified atom stereocenters. The third-order valence-corrected chi connectivity index (χ3v) is 6.04. The monoisotopic (exact) mass is 444 g/mol. The van der Waals surface area contributed by atoms with Gasteiger partial charge in [0, 0.05) is 45.0 Å². The van der Waals surface area contributed by atoms with Crippen LogP contribution in [0.1, 0.15) is 11.1 Å². The molecule has 0 saturated carbocycles. The lowest BCUT2D eigenvalue weighted by Crippen LogP contribution is -2.43. The van der Waals surface area contributed by atoms with Gasteiger partial charge in [-0.15, -0.1) is 11.8 Å². The Bertz CT molecular complexity index is 853. The molecule has 0 aromatic heterocycles. The van der Waals surface area contributed by atoms with E-state index in [1.807, 2.05) is 0 Å². The summed E-state index contributed by atoms with van der Waals surface area (Å²) in [5, 5.41) is 5.56. The normalized spacial score (nSPS) is 14.9. The lowest BCUT2D eigenvalue weighted by molar-refractivity contribution is -0.118. The quantitative estimate of drug-likeness (QED) is 0.622. The molecule has 3 rings (SSSR count). The molecule has 0 bridgehead atoms. The van der Waals surface area contributed by atoms with Crippen LogP contribution in [-0.2, 0) is 22.7 Å². The molecule has 6 nitrogen and oxygen atoms in total. The summed E-state index contributed by atoms with van der Waals surface area (Å²) in [6.45, 7) is 5.82. The molecule has 1 aliphatic heterocycles. The van der Waals surface area contributed by atoms with Gasteiger partial charge >= 0.3 is 0 Å². The van der Waals surface area contributed by atoms with Crippen molar-refractivity contribution in [3.63, 3.8) is 0 Å². The highest BCUT2D eigenvalue weighted by molar-refractivity contribution is 8.00. The zero-order chi connectivity index (χ0) is 22.1. The SMILES string of the molecule is CN1CCN(Cc2ccc(CNC(=O)CSCC(=O)Nc3ccc(F)cc3)cc2)CC1. The van der Waals surface area contributed by atoms with Crippen LogP contribution in [0.4, 0.5) is 10.1 Å². The highest BCUT2D eigenvalue weighted by atomic mass is 32.2. The zero-order valence-electron chi connectivity index (χ0n) is 17.8. The molecule has 31 heavy (non-hydrogen) atoms. The Labute approximate surface area is 187 Å². The summed E-state index contributed by atoms with van der Waals surface area (Å²) in [7, 11) is 2.15. The third-order valence-electron chi connectivity index (χ3n) is 5.11. The molecule has 1 saturated heterocycles. The van der Waals surface area contributed by atoms with Crippen molar-refractivity contribution >= 4 is 29.3 Å². The number of carbonyl (C=O) groups is 2. The average molecular weight is 445 g/mol. The molecule has 0 radical (unpaired) electrons. The summed E-state index contributed by atoms with van der Waals surface area (Å²) in [5.74, 6) is -0.320. The Morgan fingerprint density at radius 1 is 0.903 bits per heavy atom. The second-order valence-corrected chi connectivity index (χ2v) is 8.71. The molecule has 2 aromatic rings. The van der Waals surface area contributed by atoms with Gasteiger partial charge in [0.1, 0.15) is 5.82 Å². The van der Waals surface area contributed by atoms with Crippen molar-refractivity contribution in [2.24, 2.45) is 0 Å². The molecule has 1 heterocycles. The van der Waals surface area contributed by atoms with Gasteiger partial charge in [0.05, 0.1) is 11.5 Å². The Morgan fingerprint density at radius 2 is 1.52 bits per heavy atom. The van der Waals surface area contributed by atoms with Gasteiger partial charge in [-0.05, 0) is 42.4 Å². The maximum Gasteiger partial charge on any atom is 0.234 e. The second-order valence-electron chi connectivity index (χ2n) is 7.72. The minimum absolute atomic E-state index is 0.110. The summed E-state index contributed by atoms with van der Waals surface area (Å²) in [6.07, 6.45) is 0. The van der Waals surface area contributed by atoms with Crippen molar-refractivity contribution in [1.29, 1.82) is 0 Å². The van der Waals surface area contributed by atoms with Crippen molar-refractivity contribution in [3.05, 3.63) is 65.5 Å². The lowest BCUT2D eigenvalue weighted by Gasteiger charge is -2.32. The number of nitrogens with one attached hydrogen (secondary N) is 2. The predicted octanol–water partition coefficient (Wildman–Crippen LogP) is 2.56. The van der Waals surface area contributed by atoms with Crippen LogP contribution in [0.15, 0.2) is 48.5 Å².